The van der Waals surface area contributed by atoms with Gasteiger partial charge in [-0.15, -0.1) is 11.3 Å². The van der Waals surface area contributed by atoms with Crippen molar-refractivity contribution in [3.63, 3.8) is 0 Å². The number of aromatic nitrogens is 1. The van der Waals surface area contributed by atoms with Crippen LogP contribution in [-0.2, 0) is 11.2 Å². The van der Waals surface area contributed by atoms with Gasteiger partial charge in [-0.3, -0.25) is 10.1 Å². The van der Waals surface area contributed by atoms with Crippen molar-refractivity contribution in [1.29, 1.82) is 0 Å². The zero-order chi connectivity index (χ0) is 21.5. The van der Waals surface area contributed by atoms with Crippen LogP contribution < -0.4 is 20.7 Å². The maximum absolute atomic E-state index is 12.2. The zero-order valence-electron chi connectivity index (χ0n) is 17.1. The van der Waals surface area contributed by atoms with Gasteiger partial charge in [-0.25, -0.2) is 9.78 Å². The number of thiazole rings is 1. The van der Waals surface area contributed by atoms with E-state index >= 15 is 0 Å². The van der Waals surface area contributed by atoms with E-state index in [0.717, 1.165) is 22.5 Å². The third-order valence-corrected chi connectivity index (χ3v) is 5.04. The van der Waals surface area contributed by atoms with E-state index in [9.17, 15) is 9.59 Å². The average molecular weight is 425 g/mol. The molecular weight excluding hydrogens is 400 g/mol. The van der Waals surface area contributed by atoms with Crippen molar-refractivity contribution in [1.82, 2.24) is 4.98 Å². The summed E-state index contributed by atoms with van der Waals surface area (Å²) in [6.45, 7) is 3.99. The van der Waals surface area contributed by atoms with Crippen molar-refractivity contribution >= 4 is 39.8 Å². The fourth-order valence-electron chi connectivity index (χ4n) is 2.92. The highest BCUT2D eigenvalue weighted by atomic mass is 32.1. The Bertz CT molecular complexity index is 1010. The van der Waals surface area contributed by atoms with Crippen LogP contribution in [0.25, 0.3) is 0 Å². The van der Waals surface area contributed by atoms with Crippen molar-refractivity contribution in [2.45, 2.75) is 26.7 Å². The van der Waals surface area contributed by atoms with Crippen molar-refractivity contribution in [3.05, 3.63) is 64.7 Å². The first-order chi connectivity index (χ1) is 14.4. The number of nitrogens with zero attached hydrogens (tertiary/aromatic N) is 1. The topological polar surface area (TPSA) is 92.3 Å². The van der Waals surface area contributed by atoms with Crippen LogP contribution in [0.3, 0.4) is 0 Å². The van der Waals surface area contributed by atoms with E-state index in [1.807, 2.05) is 31.4 Å². The molecule has 0 aliphatic heterocycles. The third kappa shape index (κ3) is 6.31. The van der Waals surface area contributed by atoms with E-state index in [4.69, 9.17) is 4.74 Å². The number of aryl methyl sites for hydroxylation is 3. The number of hydrogen-bond acceptors (Lipinski definition) is 5. The van der Waals surface area contributed by atoms with Crippen LogP contribution in [0.15, 0.2) is 47.8 Å². The molecule has 1 aromatic heterocycles. The normalized spacial score (nSPS) is 10.4. The van der Waals surface area contributed by atoms with Crippen molar-refractivity contribution in [2.24, 2.45) is 0 Å². The van der Waals surface area contributed by atoms with Crippen LogP contribution >= 0.6 is 11.3 Å². The number of amides is 3. The summed E-state index contributed by atoms with van der Waals surface area (Å²) in [4.78, 5) is 28.7. The average Bonchev–Trinajstić information content (AvgIpc) is 3.13. The van der Waals surface area contributed by atoms with Crippen LogP contribution in [0.4, 0.5) is 21.3 Å². The molecule has 0 aliphatic carbocycles. The van der Waals surface area contributed by atoms with Gasteiger partial charge in [0.2, 0.25) is 5.91 Å². The molecular formula is C22H24N4O3S. The second-order valence-corrected chi connectivity index (χ2v) is 7.73. The van der Waals surface area contributed by atoms with Crippen molar-refractivity contribution < 1.29 is 14.3 Å². The molecule has 2 aromatic carbocycles. The Morgan fingerprint density at radius 2 is 1.67 bits per heavy atom. The molecule has 0 atom stereocenters. The summed E-state index contributed by atoms with van der Waals surface area (Å²) in [6.07, 6.45) is 0.809. The number of hydrogen-bond donors (Lipinski definition) is 3. The van der Waals surface area contributed by atoms with E-state index in [-0.39, 0.29) is 11.9 Å². The molecule has 3 N–H and O–H groups in total. The van der Waals surface area contributed by atoms with Gasteiger partial charge in [0.25, 0.3) is 0 Å². The van der Waals surface area contributed by atoms with Crippen LogP contribution in [-0.4, -0.2) is 24.0 Å². The van der Waals surface area contributed by atoms with Crippen molar-refractivity contribution in [2.75, 3.05) is 23.1 Å². The van der Waals surface area contributed by atoms with Gasteiger partial charge in [0, 0.05) is 23.2 Å². The predicted octanol–water partition coefficient (Wildman–Crippen LogP) is 4.98. The highest BCUT2D eigenvalue weighted by Crippen LogP contribution is 2.19. The molecule has 30 heavy (non-hydrogen) atoms. The smallest absolute Gasteiger partial charge is 0.325 e. The minimum Gasteiger partial charge on any atom is -0.497 e. The van der Waals surface area contributed by atoms with Gasteiger partial charge in [0.15, 0.2) is 5.13 Å². The SMILES string of the molecule is COc1ccc(NC(=O)Nc2nc(CCC(=O)Nc3cc(C)cc(C)c3)cs2)cc1. The predicted molar refractivity (Wildman–Crippen MR) is 121 cm³/mol. The lowest BCUT2D eigenvalue weighted by Crippen LogP contribution is -2.19. The summed E-state index contributed by atoms with van der Waals surface area (Å²) in [5.41, 5.74) is 4.42. The molecule has 0 unspecified atom stereocenters. The summed E-state index contributed by atoms with van der Waals surface area (Å²) in [6, 6.07) is 12.6. The number of rotatable bonds is 7. The molecule has 0 spiro atoms. The fourth-order valence-corrected chi connectivity index (χ4v) is 3.66. The molecule has 156 valence electrons. The Hall–Kier alpha value is -3.39. The molecule has 8 heteroatoms. The van der Waals surface area contributed by atoms with Gasteiger partial charge in [-0.05, 0) is 67.8 Å². The number of nitrogens with one attached hydrogen (secondary N) is 3. The second-order valence-electron chi connectivity index (χ2n) is 6.88. The zero-order valence-corrected chi connectivity index (χ0v) is 17.9. The maximum Gasteiger partial charge on any atom is 0.325 e. The maximum atomic E-state index is 12.2. The van der Waals surface area contributed by atoms with Crippen LogP contribution in [0.2, 0.25) is 0 Å². The lowest BCUT2D eigenvalue weighted by atomic mass is 10.1. The van der Waals surface area contributed by atoms with Crippen LogP contribution in [0.1, 0.15) is 23.2 Å². The molecule has 0 radical (unpaired) electrons. The monoisotopic (exact) mass is 424 g/mol. The molecule has 0 bridgehead atoms. The number of carbonyl (C=O) groups is 2. The molecule has 1 heterocycles. The van der Waals surface area contributed by atoms with Crippen LogP contribution in [0, 0.1) is 13.8 Å². The summed E-state index contributed by atoms with van der Waals surface area (Å²) in [5.74, 6) is 0.645. The number of ether oxygens (including phenoxy) is 1. The first kappa shape index (κ1) is 21.3. The molecule has 0 fully saturated rings. The summed E-state index contributed by atoms with van der Waals surface area (Å²) in [5, 5.41) is 10.7. The number of benzene rings is 2. The van der Waals surface area contributed by atoms with E-state index in [2.05, 4.69) is 27.0 Å². The summed E-state index contributed by atoms with van der Waals surface area (Å²) in [7, 11) is 1.59. The fraction of sp³-hybridized carbons (Fsp3) is 0.227. The highest BCUT2D eigenvalue weighted by Gasteiger charge is 2.09. The number of methoxy groups -OCH3 is 1. The van der Waals surface area contributed by atoms with E-state index in [0.29, 0.717) is 29.4 Å². The first-order valence-corrected chi connectivity index (χ1v) is 10.3. The standard InChI is InChI=1S/C22H24N4O3S/c1-14-10-15(2)12-18(11-14)23-20(27)9-6-17-13-30-22(25-17)26-21(28)24-16-4-7-19(29-3)8-5-16/h4-5,7-8,10-13H,6,9H2,1-3H3,(H,23,27)(H2,24,25,26,28). The minimum absolute atomic E-state index is 0.0697. The molecule has 0 saturated carbocycles. The molecule has 3 rings (SSSR count). The molecule has 3 aromatic rings. The Balaban J connectivity index is 1.47. The Labute approximate surface area is 179 Å². The number of anilines is 3. The van der Waals surface area contributed by atoms with Gasteiger partial charge < -0.3 is 15.4 Å². The molecule has 0 aliphatic rings. The van der Waals surface area contributed by atoms with Gasteiger partial charge in [-0.2, -0.15) is 0 Å². The Morgan fingerprint density at radius 3 is 2.33 bits per heavy atom. The first-order valence-electron chi connectivity index (χ1n) is 9.46. The summed E-state index contributed by atoms with van der Waals surface area (Å²) >= 11 is 1.32. The van der Waals surface area contributed by atoms with Gasteiger partial charge >= 0.3 is 6.03 Å². The van der Waals surface area contributed by atoms with Crippen molar-refractivity contribution in [3.8, 4) is 5.75 Å². The lowest BCUT2D eigenvalue weighted by Gasteiger charge is -2.07. The van der Waals surface area contributed by atoms with E-state index in [1.54, 1.807) is 31.4 Å². The van der Waals surface area contributed by atoms with E-state index in [1.165, 1.54) is 11.3 Å². The lowest BCUT2D eigenvalue weighted by molar-refractivity contribution is -0.116. The van der Waals surface area contributed by atoms with Gasteiger partial charge in [0.05, 0.1) is 12.8 Å². The minimum atomic E-state index is -0.381. The molecule has 7 nitrogen and oxygen atoms in total. The third-order valence-electron chi connectivity index (χ3n) is 4.23. The number of carbonyl (C=O) groups excluding carboxylic acids is 2. The van der Waals surface area contributed by atoms with Gasteiger partial charge in [0.1, 0.15) is 5.75 Å². The Kier molecular flexibility index (Phi) is 7.03. The second kappa shape index (κ2) is 9.89. The van der Waals surface area contributed by atoms with Gasteiger partial charge in [-0.1, -0.05) is 6.07 Å². The largest absolute Gasteiger partial charge is 0.497 e. The highest BCUT2D eigenvalue weighted by molar-refractivity contribution is 7.13. The molecule has 0 saturated heterocycles. The quantitative estimate of drug-likeness (QED) is 0.498. The summed E-state index contributed by atoms with van der Waals surface area (Å²) < 4.78 is 5.09. The number of urea groups is 1. The van der Waals surface area contributed by atoms with E-state index < -0.39 is 0 Å². The Morgan fingerprint density at radius 1 is 0.967 bits per heavy atom. The molecule has 3 amide bonds. The van der Waals surface area contributed by atoms with Crippen LogP contribution in [0.5, 0.6) is 5.75 Å².